The van der Waals surface area contributed by atoms with Crippen molar-refractivity contribution in [3.05, 3.63) is 0 Å². The van der Waals surface area contributed by atoms with Crippen molar-refractivity contribution in [3.8, 4) is 0 Å². The van der Waals surface area contributed by atoms with Crippen LogP contribution in [0.15, 0.2) is 0 Å². The molecule has 2 nitrogen and oxygen atoms in total. The molecule has 0 heterocycles. The van der Waals surface area contributed by atoms with Gasteiger partial charge in [-0.05, 0) is 44.2 Å². The average Bonchev–Trinajstić information content (AvgIpc) is 2.75. The van der Waals surface area contributed by atoms with Crippen molar-refractivity contribution in [3.63, 3.8) is 0 Å². The van der Waals surface area contributed by atoms with Gasteiger partial charge in [0.1, 0.15) is 0 Å². The highest BCUT2D eigenvalue weighted by Gasteiger charge is 2.31. The van der Waals surface area contributed by atoms with Gasteiger partial charge in [-0.1, -0.05) is 13.8 Å². The molecular weight excluding hydrogens is 148 g/mol. The van der Waals surface area contributed by atoms with Crippen LogP contribution in [-0.2, 0) is 0 Å². The summed E-state index contributed by atoms with van der Waals surface area (Å²) in [5, 5.41) is 3.46. The third kappa shape index (κ3) is 3.55. The Balaban J connectivity index is 1.83. The summed E-state index contributed by atoms with van der Waals surface area (Å²) in [6.45, 7) is 6.77. The molecule has 0 aliphatic heterocycles. The summed E-state index contributed by atoms with van der Waals surface area (Å²) in [4.78, 5) is 0. The molecule has 1 rings (SSSR count). The van der Waals surface area contributed by atoms with Gasteiger partial charge in [0.15, 0.2) is 0 Å². The van der Waals surface area contributed by atoms with E-state index in [2.05, 4.69) is 19.2 Å². The standard InChI is InChI=1S/C10H22N2/c1-3-10(11)4-5-12-7-9-6-8(9)2/h8-10,12H,3-7,11H2,1-2H3. The number of nitrogens with two attached hydrogens (primary N) is 1. The highest BCUT2D eigenvalue weighted by Crippen LogP contribution is 2.36. The zero-order valence-electron chi connectivity index (χ0n) is 8.34. The first-order chi connectivity index (χ1) is 5.74. The van der Waals surface area contributed by atoms with Crippen molar-refractivity contribution in [2.24, 2.45) is 17.6 Å². The van der Waals surface area contributed by atoms with Gasteiger partial charge in [-0.25, -0.2) is 0 Å². The van der Waals surface area contributed by atoms with E-state index in [0.29, 0.717) is 6.04 Å². The van der Waals surface area contributed by atoms with Gasteiger partial charge in [-0.2, -0.15) is 0 Å². The largest absolute Gasteiger partial charge is 0.328 e. The molecule has 3 atom stereocenters. The number of hydrogen-bond donors (Lipinski definition) is 2. The summed E-state index contributed by atoms with van der Waals surface area (Å²) in [6.07, 6.45) is 3.64. The number of hydrogen-bond acceptors (Lipinski definition) is 2. The van der Waals surface area contributed by atoms with Gasteiger partial charge in [0.05, 0.1) is 0 Å². The molecule has 1 aliphatic carbocycles. The maximum atomic E-state index is 5.79. The van der Waals surface area contributed by atoms with E-state index >= 15 is 0 Å². The van der Waals surface area contributed by atoms with Gasteiger partial charge in [0.2, 0.25) is 0 Å². The molecule has 12 heavy (non-hydrogen) atoms. The molecule has 1 fully saturated rings. The van der Waals surface area contributed by atoms with Gasteiger partial charge < -0.3 is 11.1 Å². The topological polar surface area (TPSA) is 38.0 Å². The van der Waals surface area contributed by atoms with Crippen LogP contribution in [0.25, 0.3) is 0 Å². The summed E-state index contributed by atoms with van der Waals surface area (Å²) >= 11 is 0. The van der Waals surface area contributed by atoms with Crippen molar-refractivity contribution in [1.82, 2.24) is 5.32 Å². The Hall–Kier alpha value is -0.0800. The summed E-state index contributed by atoms with van der Waals surface area (Å²) < 4.78 is 0. The zero-order chi connectivity index (χ0) is 8.97. The third-order valence-corrected chi connectivity index (χ3v) is 2.90. The molecule has 0 aromatic rings. The summed E-state index contributed by atoms with van der Waals surface area (Å²) in [5.74, 6) is 1.93. The first kappa shape index (κ1) is 10.0. The minimum Gasteiger partial charge on any atom is -0.328 e. The molecule has 0 aromatic heterocycles. The van der Waals surface area contributed by atoms with Crippen LogP contribution in [0.5, 0.6) is 0 Å². The van der Waals surface area contributed by atoms with Crippen molar-refractivity contribution < 1.29 is 0 Å². The predicted octanol–water partition coefficient (Wildman–Crippen LogP) is 1.36. The quantitative estimate of drug-likeness (QED) is 0.591. The lowest BCUT2D eigenvalue weighted by Gasteiger charge is -2.08. The second-order valence-electron chi connectivity index (χ2n) is 4.13. The van der Waals surface area contributed by atoms with Crippen molar-refractivity contribution in [1.29, 1.82) is 0 Å². The SMILES string of the molecule is CCC(N)CCNCC1CC1C. The van der Waals surface area contributed by atoms with E-state index in [1.54, 1.807) is 0 Å². The Labute approximate surface area is 75.9 Å². The Morgan fingerprint density at radius 2 is 2.25 bits per heavy atom. The first-order valence-corrected chi connectivity index (χ1v) is 5.20. The molecule has 0 bridgehead atoms. The fourth-order valence-electron chi connectivity index (χ4n) is 1.46. The fraction of sp³-hybridized carbons (Fsp3) is 1.00. The highest BCUT2D eigenvalue weighted by atomic mass is 14.9. The van der Waals surface area contributed by atoms with Crippen molar-refractivity contribution >= 4 is 0 Å². The normalized spacial score (nSPS) is 30.2. The molecule has 0 radical (unpaired) electrons. The van der Waals surface area contributed by atoms with E-state index in [9.17, 15) is 0 Å². The summed E-state index contributed by atoms with van der Waals surface area (Å²) in [6, 6.07) is 0.397. The maximum absolute atomic E-state index is 5.79. The fourth-order valence-corrected chi connectivity index (χ4v) is 1.46. The predicted molar refractivity (Wildman–Crippen MR) is 53.0 cm³/mol. The van der Waals surface area contributed by atoms with Crippen LogP contribution < -0.4 is 11.1 Å². The maximum Gasteiger partial charge on any atom is 0.00482 e. The third-order valence-electron chi connectivity index (χ3n) is 2.90. The second kappa shape index (κ2) is 4.83. The second-order valence-corrected chi connectivity index (χ2v) is 4.13. The Morgan fingerprint density at radius 1 is 1.58 bits per heavy atom. The molecule has 3 N–H and O–H groups in total. The van der Waals surface area contributed by atoms with Gasteiger partial charge in [-0.15, -0.1) is 0 Å². The molecule has 1 saturated carbocycles. The molecule has 72 valence electrons. The van der Waals surface area contributed by atoms with E-state index < -0.39 is 0 Å². The number of nitrogens with one attached hydrogen (secondary N) is 1. The molecular formula is C10H22N2. The monoisotopic (exact) mass is 170 g/mol. The molecule has 3 unspecified atom stereocenters. The van der Waals surface area contributed by atoms with Crippen LogP contribution in [-0.4, -0.2) is 19.1 Å². The number of rotatable bonds is 6. The lowest BCUT2D eigenvalue weighted by molar-refractivity contribution is 0.532. The van der Waals surface area contributed by atoms with Crippen LogP contribution in [0, 0.1) is 11.8 Å². The minimum atomic E-state index is 0.397. The summed E-state index contributed by atoms with van der Waals surface area (Å²) in [7, 11) is 0. The Morgan fingerprint density at radius 3 is 2.75 bits per heavy atom. The van der Waals surface area contributed by atoms with Crippen LogP contribution >= 0.6 is 0 Å². The molecule has 0 aromatic carbocycles. The van der Waals surface area contributed by atoms with E-state index in [1.807, 2.05) is 0 Å². The van der Waals surface area contributed by atoms with Crippen LogP contribution in [0.1, 0.15) is 33.1 Å². The smallest absolute Gasteiger partial charge is 0.00482 e. The molecule has 2 heteroatoms. The van der Waals surface area contributed by atoms with Crippen molar-refractivity contribution in [2.75, 3.05) is 13.1 Å². The van der Waals surface area contributed by atoms with Gasteiger partial charge in [0, 0.05) is 6.04 Å². The molecule has 1 aliphatic rings. The average molecular weight is 170 g/mol. The molecule has 0 spiro atoms. The first-order valence-electron chi connectivity index (χ1n) is 5.20. The van der Waals surface area contributed by atoms with E-state index in [-0.39, 0.29) is 0 Å². The van der Waals surface area contributed by atoms with Gasteiger partial charge in [-0.3, -0.25) is 0 Å². The lowest BCUT2D eigenvalue weighted by Crippen LogP contribution is -2.27. The van der Waals surface area contributed by atoms with E-state index in [1.165, 1.54) is 13.0 Å². The highest BCUT2D eigenvalue weighted by molar-refractivity contribution is 4.83. The van der Waals surface area contributed by atoms with Crippen LogP contribution in [0.3, 0.4) is 0 Å². The van der Waals surface area contributed by atoms with E-state index in [4.69, 9.17) is 5.73 Å². The van der Waals surface area contributed by atoms with Crippen LogP contribution in [0.4, 0.5) is 0 Å². The zero-order valence-corrected chi connectivity index (χ0v) is 8.34. The molecule has 0 amide bonds. The van der Waals surface area contributed by atoms with E-state index in [0.717, 1.165) is 31.2 Å². The van der Waals surface area contributed by atoms with Crippen LogP contribution in [0.2, 0.25) is 0 Å². The van der Waals surface area contributed by atoms with Crippen molar-refractivity contribution in [2.45, 2.75) is 39.2 Å². The minimum absolute atomic E-state index is 0.397. The summed E-state index contributed by atoms with van der Waals surface area (Å²) in [5.41, 5.74) is 5.79. The molecule has 0 saturated heterocycles. The Bertz CT molecular complexity index is 119. The van der Waals surface area contributed by atoms with Gasteiger partial charge in [0.25, 0.3) is 0 Å². The Kier molecular flexibility index (Phi) is 4.02. The van der Waals surface area contributed by atoms with Gasteiger partial charge >= 0.3 is 0 Å². The lowest BCUT2D eigenvalue weighted by atomic mass is 10.2.